The topological polar surface area (TPSA) is 76.7 Å². The second kappa shape index (κ2) is 11.2. The van der Waals surface area contributed by atoms with Crippen LogP contribution in [0, 0.1) is 6.92 Å². The highest BCUT2D eigenvalue weighted by atomic mass is 16.5. The van der Waals surface area contributed by atoms with Gasteiger partial charge in [0.1, 0.15) is 5.75 Å². The van der Waals surface area contributed by atoms with Gasteiger partial charge >= 0.3 is 0 Å². The summed E-state index contributed by atoms with van der Waals surface area (Å²) in [6, 6.07) is 12.9. The van der Waals surface area contributed by atoms with Gasteiger partial charge in [-0.25, -0.2) is 0 Å². The zero-order valence-electron chi connectivity index (χ0n) is 17.6. The van der Waals surface area contributed by atoms with Crippen LogP contribution in [0.25, 0.3) is 0 Å². The Morgan fingerprint density at radius 2 is 1.86 bits per heavy atom. The maximum atomic E-state index is 12.4. The van der Waals surface area contributed by atoms with E-state index in [2.05, 4.69) is 24.5 Å². The highest BCUT2D eigenvalue weighted by Crippen LogP contribution is 2.27. The molecule has 2 rings (SSSR count). The van der Waals surface area contributed by atoms with Gasteiger partial charge < -0.3 is 20.1 Å². The monoisotopic (exact) mass is 398 g/mol. The van der Waals surface area contributed by atoms with Gasteiger partial charge in [0.15, 0.2) is 6.61 Å². The first-order valence-corrected chi connectivity index (χ1v) is 9.81. The van der Waals surface area contributed by atoms with Gasteiger partial charge in [-0.15, -0.1) is 0 Å². The van der Waals surface area contributed by atoms with E-state index in [4.69, 9.17) is 9.47 Å². The number of aryl methyl sites for hydroxylation is 1. The number of hydrogen-bond donors (Lipinski definition) is 2. The number of carbonyl (C=O) groups excluding carboxylic acids is 2. The molecule has 0 aliphatic carbocycles. The molecule has 2 N–H and O–H groups in total. The maximum Gasteiger partial charge on any atom is 0.262 e. The van der Waals surface area contributed by atoms with E-state index in [1.807, 2.05) is 25.1 Å². The molecule has 0 saturated carbocycles. The summed E-state index contributed by atoms with van der Waals surface area (Å²) < 4.78 is 10.8. The van der Waals surface area contributed by atoms with Crippen molar-refractivity contribution in [3.8, 4) is 5.75 Å². The van der Waals surface area contributed by atoms with E-state index in [1.54, 1.807) is 31.4 Å². The van der Waals surface area contributed by atoms with Gasteiger partial charge in [-0.3, -0.25) is 9.59 Å². The van der Waals surface area contributed by atoms with E-state index >= 15 is 0 Å². The quantitative estimate of drug-likeness (QED) is 0.595. The smallest absolute Gasteiger partial charge is 0.262 e. The van der Waals surface area contributed by atoms with E-state index in [1.165, 1.54) is 0 Å². The summed E-state index contributed by atoms with van der Waals surface area (Å²) in [6.45, 7) is 7.10. The van der Waals surface area contributed by atoms with Crippen molar-refractivity contribution < 1.29 is 19.1 Å². The Labute approximate surface area is 172 Å². The molecule has 0 saturated heterocycles. The molecule has 0 aromatic heterocycles. The largest absolute Gasteiger partial charge is 0.483 e. The third-order valence-electron chi connectivity index (χ3n) is 4.41. The predicted octanol–water partition coefficient (Wildman–Crippen LogP) is 3.90. The SMILES string of the molecule is COCCCNC(=O)c1ccccc1NC(=O)COc1cc(C)ccc1C(C)C. The standard InChI is InChI=1S/C23H30N2O4/c1-16(2)18-11-10-17(3)14-21(18)29-15-22(26)25-20-9-6-5-8-19(20)23(27)24-12-7-13-28-4/h5-6,8-11,14,16H,7,12-13,15H2,1-4H3,(H,24,27)(H,25,26). The molecule has 0 aliphatic heterocycles. The van der Waals surface area contributed by atoms with Gasteiger partial charge in [-0.2, -0.15) is 0 Å². The van der Waals surface area contributed by atoms with Crippen molar-refractivity contribution in [2.45, 2.75) is 33.1 Å². The summed E-state index contributed by atoms with van der Waals surface area (Å²) in [5.74, 6) is 0.440. The fraction of sp³-hybridized carbons (Fsp3) is 0.391. The van der Waals surface area contributed by atoms with Crippen LogP contribution in [0.1, 0.15) is 47.7 Å². The Morgan fingerprint density at radius 1 is 1.10 bits per heavy atom. The molecule has 0 aliphatic rings. The summed E-state index contributed by atoms with van der Waals surface area (Å²) in [4.78, 5) is 24.9. The van der Waals surface area contributed by atoms with Crippen molar-refractivity contribution in [1.82, 2.24) is 5.32 Å². The molecular formula is C23H30N2O4. The highest BCUT2D eigenvalue weighted by Gasteiger charge is 2.14. The minimum Gasteiger partial charge on any atom is -0.483 e. The number of ether oxygens (including phenoxy) is 2. The molecule has 0 spiro atoms. The molecular weight excluding hydrogens is 368 g/mol. The Balaban J connectivity index is 2.00. The van der Waals surface area contributed by atoms with Crippen molar-refractivity contribution in [3.05, 3.63) is 59.2 Å². The van der Waals surface area contributed by atoms with E-state index in [0.29, 0.717) is 30.2 Å². The number of rotatable bonds is 10. The summed E-state index contributed by atoms with van der Waals surface area (Å²) in [6.07, 6.45) is 0.722. The molecule has 2 aromatic rings. The van der Waals surface area contributed by atoms with Crippen molar-refractivity contribution in [2.75, 3.05) is 32.2 Å². The van der Waals surface area contributed by atoms with Crippen LogP contribution in [0.5, 0.6) is 5.75 Å². The Bertz CT molecular complexity index is 833. The number of para-hydroxylation sites is 1. The number of methoxy groups -OCH3 is 1. The molecule has 6 nitrogen and oxygen atoms in total. The number of hydrogen-bond acceptors (Lipinski definition) is 4. The second-order valence-corrected chi connectivity index (χ2v) is 7.18. The van der Waals surface area contributed by atoms with Gasteiger partial charge in [0.2, 0.25) is 0 Å². The van der Waals surface area contributed by atoms with Gasteiger partial charge in [0, 0.05) is 20.3 Å². The van der Waals surface area contributed by atoms with Gasteiger partial charge in [0.25, 0.3) is 11.8 Å². The number of carbonyl (C=O) groups is 2. The molecule has 0 atom stereocenters. The fourth-order valence-electron chi connectivity index (χ4n) is 2.88. The Morgan fingerprint density at radius 3 is 2.59 bits per heavy atom. The van der Waals surface area contributed by atoms with E-state index in [0.717, 1.165) is 17.5 Å². The molecule has 29 heavy (non-hydrogen) atoms. The van der Waals surface area contributed by atoms with Crippen molar-refractivity contribution >= 4 is 17.5 Å². The molecule has 6 heteroatoms. The molecule has 2 aromatic carbocycles. The van der Waals surface area contributed by atoms with Crippen LogP contribution in [0.3, 0.4) is 0 Å². The Hall–Kier alpha value is -2.86. The molecule has 0 heterocycles. The van der Waals surface area contributed by atoms with Gasteiger partial charge in [-0.05, 0) is 48.6 Å². The fourth-order valence-corrected chi connectivity index (χ4v) is 2.88. The first-order valence-electron chi connectivity index (χ1n) is 9.81. The van der Waals surface area contributed by atoms with Gasteiger partial charge in [0.05, 0.1) is 11.3 Å². The molecule has 0 bridgehead atoms. The minimum atomic E-state index is -0.319. The average Bonchev–Trinajstić information content (AvgIpc) is 2.69. The molecule has 0 fully saturated rings. The summed E-state index contributed by atoms with van der Waals surface area (Å²) in [5, 5.41) is 5.61. The van der Waals surface area contributed by atoms with E-state index < -0.39 is 0 Å². The van der Waals surface area contributed by atoms with Crippen LogP contribution in [0.2, 0.25) is 0 Å². The zero-order chi connectivity index (χ0) is 21.2. The lowest BCUT2D eigenvalue weighted by molar-refractivity contribution is -0.118. The highest BCUT2D eigenvalue weighted by molar-refractivity contribution is 6.04. The molecule has 156 valence electrons. The minimum absolute atomic E-state index is 0.132. The number of amides is 2. The number of nitrogens with one attached hydrogen (secondary N) is 2. The molecule has 0 unspecified atom stereocenters. The van der Waals surface area contributed by atoms with Crippen LogP contribution in [-0.2, 0) is 9.53 Å². The number of anilines is 1. The van der Waals surface area contributed by atoms with Crippen LogP contribution >= 0.6 is 0 Å². The number of benzene rings is 2. The first kappa shape index (κ1) is 22.4. The summed E-state index contributed by atoms with van der Waals surface area (Å²) >= 11 is 0. The Kier molecular flexibility index (Phi) is 8.68. The third-order valence-corrected chi connectivity index (χ3v) is 4.41. The molecule has 0 radical (unpaired) electrons. The predicted molar refractivity (Wildman–Crippen MR) is 115 cm³/mol. The normalized spacial score (nSPS) is 10.7. The lowest BCUT2D eigenvalue weighted by Crippen LogP contribution is -2.27. The second-order valence-electron chi connectivity index (χ2n) is 7.18. The first-order chi connectivity index (χ1) is 13.9. The lowest BCUT2D eigenvalue weighted by Gasteiger charge is -2.15. The van der Waals surface area contributed by atoms with Crippen molar-refractivity contribution in [2.24, 2.45) is 0 Å². The summed E-state index contributed by atoms with van der Waals surface area (Å²) in [7, 11) is 1.62. The van der Waals surface area contributed by atoms with Crippen LogP contribution in [0.15, 0.2) is 42.5 Å². The van der Waals surface area contributed by atoms with Gasteiger partial charge in [-0.1, -0.05) is 38.1 Å². The third kappa shape index (κ3) is 6.91. The maximum absolute atomic E-state index is 12.4. The van der Waals surface area contributed by atoms with Crippen molar-refractivity contribution in [3.63, 3.8) is 0 Å². The zero-order valence-corrected chi connectivity index (χ0v) is 17.6. The lowest BCUT2D eigenvalue weighted by atomic mass is 10.0. The van der Waals surface area contributed by atoms with Crippen molar-refractivity contribution in [1.29, 1.82) is 0 Å². The summed E-state index contributed by atoms with van der Waals surface area (Å²) in [5.41, 5.74) is 3.00. The average molecular weight is 399 g/mol. The van der Waals surface area contributed by atoms with Crippen LogP contribution < -0.4 is 15.4 Å². The van der Waals surface area contributed by atoms with Crippen LogP contribution in [0.4, 0.5) is 5.69 Å². The van der Waals surface area contributed by atoms with E-state index in [-0.39, 0.29) is 24.3 Å². The molecule has 2 amide bonds. The van der Waals surface area contributed by atoms with Crippen LogP contribution in [-0.4, -0.2) is 38.7 Å². The van der Waals surface area contributed by atoms with E-state index in [9.17, 15) is 9.59 Å².